The van der Waals surface area contributed by atoms with Crippen molar-refractivity contribution in [2.45, 2.75) is 25.6 Å². The third-order valence-electron chi connectivity index (χ3n) is 4.78. The van der Waals surface area contributed by atoms with Crippen LogP contribution in [0.4, 0.5) is 0 Å². The zero-order valence-electron chi connectivity index (χ0n) is 15.4. The van der Waals surface area contributed by atoms with Gasteiger partial charge in [-0.2, -0.15) is 5.21 Å². The second-order valence-corrected chi connectivity index (χ2v) is 6.73. The van der Waals surface area contributed by atoms with Gasteiger partial charge in [-0.05, 0) is 29.7 Å². The molecule has 2 aromatic carbocycles. The molecule has 1 aromatic heterocycles. The summed E-state index contributed by atoms with van der Waals surface area (Å²) in [5.74, 6) is 1.34. The fourth-order valence-electron chi connectivity index (χ4n) is 3.33. The Morgan fingerprint density at radius 1 is 1.07 bits per heavy atom. The van der Waals surface area contributed by atoms with Crippen LogP contribution >= 0.6 is 0 Å². The first-order valence-corrected chi connectivity index (χ1v) is 9.28. The van der Waals surface area contributed by atoms with Gasteiger partial charge in [-0.15, -0.1) is 10.2 Å². The van der Waals surface area contributed by atoms with Gasteiger partial charge in [-0.3, -0.25) is 9.69 Å². The van der Waals surface area contributed by atoms with Crippen LogP contribution in [-0.4, -0.2) is 50.6 Å². The summed E-state index contributed by atoms with van der Waals surface area (Å²) in [5, 5.41) is 16.6. The highest BCUT2D eigenvalue weighted by Crippen LogP contribution is 2.18. The van der Waals surface area contributed by atoms with Gasteiger partial charge in [-0.1, -0.05) is 47.7 Å². The zero-order valence-corrected chi connectivity index (χ0v) is 15.4. The molecule has 1 aliphatic heterocycles. The number of ether oxygens (including phenoxy) is 1. The van der Waals surface area contributed by atoms with Gasteiger partial charge in [0.2, 0.25) is 11.7 Å². The topological polar surface area (TPSA) is 96.0 Å². The van der Waals surface area contributed by atoms with E-state index in [-0.39, 0.29) is 18.6 Å². The molecule has 1 fully saturated rings. The van der Waals surface area contributed by atoms with Gasteiger partial charge in [0.25, 0.3) is 0 Å². The van der Waals surface area contributed by atoms with Gasteiger partial charge in [0, 0.05) is 19.6 Å². The second-order valence-electron chi connectivity index (χ2n) is 6.73. The first-order chi connectivity index (χ1) is 13.8. The van der Waals surface area contributed by atoms with Crippen molar-refractivity contribution in [2.24, 2.45) is 0 Å². The van der Waals surface area contributed by atoms with Crippen molar-refractivity contribution in [3.8, 4) is 5.75 Å². The van der Waals surface area contributed by atoms with Crippen LogP contribution < -0.4 is 10.1 Å². The Hall–Kier alpha value is -3.26. The quantitative estimate of drug-likeness (QED) is 0.644. The summed E-state index contributed by atoms with van der Waals surface area (Å²) in [7, 11) is 0. The van der Waals surface area contributed by atoms with Crippen molar-refractivity contribution < 1.29 is 9.53 Å². The third-order valence-corrected chi connectivity index (χ3v) is 4.78. The summed E-state index contributed by atoms with van der Waals surface area (Å²) < 4.78 is 5.65. The van der Waals surface area contributed by atoms with Crippen LogP contribution in [0.1, 0.15) is 17.0 Å². The normalized spacial score (nSPS) is 17.3. The molecule has 8 heteroatoms. The van der Waals surface area contributed by atoms with E-state index in [1.54, 1.807) is 0 Å². The molecule has 1 unspecified atom stereocenters. The first-order valence-electron chi connectivity index (χ1n) is 9.28. The predicted octanol–water partition coefficient (Wildman–Crippen LogP) is 1.32. The minimum Gasteiger partial charge on any atom is -0.485 e. The van der Waals surface area contributed by atoms with Crippen molar-refractivity contribution in [1.82, 2.24) is 30.8 Å². The average molecular weight is 378 g/mol. The monoisotopic (exact) mass is 378 g/mol. The number of aromatic nitrogens is 4. The summed E-state index contributed by atoms with van der Waals surface area (Å²) in [6.07, 6.45) is 0.707. The van der Waals surface area contributed by atoms with Crippen molar-refractivity contribution in [2.75, 3.05) is 13.1 Å². The van der Waals surface area contributed by atoms with Gasteiger partial charge in [-0.25, -0.2) is 0 Å². The lowest BCUT2D eigenvalue weighted by molar-refractivity contribution is -0.129. The third kappa shape index (κ3) is 4.52. The van der Waals surface area contributed by atoms with Gasteiger partial charge < -0.3 is 10.1 Å². The zero-order chi connectivity index (χ0) is 19.2. The fourth-order valence-corrected chi connectivity index (χ4v) is 3.33. The largest absolute Gasteiger partial charge is 0.485 e. The maximum absolute atomic E-state index is 12.5. The number of benzene rings is 2. The lowest BCUT2D eigenvalue weighted by atomic mass is 10.0. The molecule has 1 saturated heterocycles. The number of amides is 1. The Balaban J connectivity index is 1.39. The molecule has 0 radical (unpaired) electrons. The molecule has 1 amide bonds. The Morgan fingerprint density at radius 3 is 2.64 bits per heavy atom. The summed E-state index contributed by atoms with van der Waals surface area (Å²) in [4.78, 5) is 14.7. The van der Waals surface area contributed by atoms with Gasteiger partial charge in [0.05, 0.1) is 6.04 Å². The molecule has 2 heterocycles. The molecule has 0 saturated carbocycles. The number of tetrazole rings is 1. The summed E-state index contributed by atoms with van der Waals surface area (Å²) in [5.41, 5.74) is 2.31. The van der Waals surface area contributed by atoms with Gasteiger partial charge in [0.15, 0.2) is 6.61 Å². The van der Waals surface area contributed by atoms with Crippen LogP contribution in [0.5, 0.6) is 5.75 Å². The van der Waals surface area contributed by atoms with E-state index >= 15 is 0 Å². The molecule has 0 spiro atoms. The highest BCUT2D eigenvalue weighted by molar-refractivity contribution is 5.82. The molecule has 2 N–H and O–H groups in total. The van der Waals surface area contributed by atoms with Gasteiger partial charge >= 0.3 is 0 Å². The summed E-state index contributed by atoms with van der Waals surface area (Å²) >= 11 is 0. The number of nitrogens with zero attached hydrogens (tertiary/aromatic N) is 4. The highest BCUT2D eigenvalue weighted by atomic mass is 16.5. The van der Waals surface area contributed by atoms with Crippen LogP contribution in [0.25, 0.3) is 0 Å². The molecule has 0 aliphatic carbocycles. The van der Waals surface area contributed by atoms with Crippen LogP contribution in [0.3, 0.4) is 0 Å². The fraction of sp³-hybridized carbons (Fsp3) is 0.300. The highest BCUT2D eigenvalue weighted by Gasteiger charge is 2.29. The SMILES string of the molecule is O=C1NCCN(Cc2ccc(OCc3nn[nH]n3)cc2)C1Cc1ccccc1. The number of rotatable bonds is 7. The van der Waals surface area contributed by atoms with E-state index < -0.39 is 0 Å². The molecule has 1 atom stereocenters. The summed E-state index contributed by atoms with van der Waals surface area (Å²) in [6.45, 7) is 2.49. The van der Waals surface area contributed by atoms with E-state index in [1.165, 1.54) is 5.56 Å². The second kappa shape index (κ2) is 8.62. The predicted molar refractivity (Wildman–Crippen MR) is 102 cm³/mol. The van der Waals surface area contributed by atoms with Crippen LogP contribution in [0.15, 0.2) is 54.6 Å². The minimum absolute atomic E-state index is 0.0927. The Morgan fingerprint density at radius 2 is 1.89 bits per heavy atom. The molecule has 4 rings (SSSR count). The Bertz CT molecular complexity index is 883. The van der Waals surface area contributed by atoms with E-state index in [1.807, 2.05) is 42.5 Å². The molecule has 3 aromatic rings. The maximum Gasteiger partial charge on any atom is 0.237 e. The van der Waals surface area contributed by atoms with Crippen LogP contribution in [-0.2, 0) is 24.4 Å². The maximum atomic E-state index is 12.5. The lowest BCUT2D eigenvalue weighted by Crippen LogP contribution is -2.55. The number of nitrogens with one attached hydrogen (secondary N) is 2. The van der Waals surface area contributed by atoms with E-state index in [0.29, 0.717) is 18.8 Å². The van der Waals surface area contributed by atoms with Gasteiger partial charge in [0.1, 0.15) is 5.75 Å². The van der Waals surface area contributed by atoms with Crippen molar-refractivity contribution in [3.05, 3.63) is 71.5 Å². The average Bonchev–Trinajstić information content (AvgIpc) is 3.25. The van der Waals surface area contributed by atoms with Crippen molar-refractivity contribution in [3.63, 3.8) is 0 Å². The molecule has 8 nitrogen and oxygen atoms in total. The number of carbonyl (C=O) groups excluding carboxylic acids is 1. The molecule has 0 bridgehead atoms. The van der Waals surface area contributed by atoms with Crippen molar-refractivity contribution >= 4 is 5.91 Å². The number of hydrogen-bond donors (Lipinski definition) is 2. The number of carbonyl (C=O) groups is 1. The van der Waals surface area contributed by atoms with E-state index in [2.05, 4.69) is 43.0 Å². The van der Waals surface area contributed by atoms with Crippen LogP contribution in [0, 0.1) is 0 Å². The molecular weight excluding hydrogens is 356 g/mol. The van der Waals surface area contributed by atoms with Crippen molar-refractivity contribution in [1.29, 1.82) is 0 Å². The van der Waals surface area contributed by atoms with E-state index in [4.69, 9.17) is 4.74 Å². The number of H-pyrrole nitrogens is 1. The number of hydrogen-bond acceptors (Lipinski definition) is 6. The molecule has 1 aliphatic rings. The summed E-state index contributed by atoms with van der Waals surface area (Å²) in [6, 6.07) is 17.9. The molecule has 28 heavy (non-hydrogen) atoms. The standard InChI is InChI=1S/C20H22N6O2/c27-20-18(12-15-4-2-1-3-5-15)26(11-10-21-20)13-16-6-8-17(9-7-16)28-14-19-22-24-25-23-19/h1-9,18H,10-14H2,(H,21,27)(H,22,23,24,25). The lowest BCUT2D eigenvalue weighted by Gasteiger charge is -2.35. The minimum atomic E-state index is -0.162. The van der Waals surface area contributed by atoms with E-state index in [0.717, 1.165) is 24.4 Å². The molecule has 144 valence electrons. The first kappa shape index (κ1) is 18.1. The number of piperazine rings is 1. The number of aromatic amines is 1. The molecular formula is C20H22N6O2. The van der Waals surface area contributed by atoms with Crippen LogP contribution in [0.2, 0.25) is 0 Å². The Labute approximate surface area is 162 Å². The Kier molecular flexibility index (Phi) is 5.58. The van der Waals surface area contributed by atoms with E-state index in [9.17, 15) is 4.79 Å². The smallest absolute Gasteiger partial charge is 0.237 e.